The highest BCUT2D eigenvalue weighted by molar-refractivity contribution is 5.95. The summed E-state index contributed by atoms with van der Waals surface area (Å²) in [5, 5.41) is 12.6. The van der Waals surface area contributed by atoms with Crippen molar-refractivity contribution in [2.45, 2.75) is 52.0 Å². The topological polar surface area (TPSA) is 96.3 Å². The average Bonchev–Trinajstić information content (AvgIpc) is 3.06. The fourth-order valence-corrected chi connectivity index (χ4v) is 3.31. The van der Waals surface area contributed by atoms with E-state index < -0.39 is 0 Å². The van der Waals surface area contributed by atoms with Gasteiger partial charge < -0.3 is 20.5 Å². The predicted octanol–water partition coefficient (Wildman–Crippen LogP) is 3.40. The lowest BCUT2D eigenvalue weighted by Gasteiger charge is -2.23. The van der Waals surface area contributed by atoms with E-state index in [4.69, 9.17) is 4.52 Å². The molecule has 1 aliphatic rings. The van der Waals surface area contributed by atoms with Crippen LogP contribution in [0.25, 0.3) is 0 Å². The first kappa shape index (κ1) is 18.9. The molecule has 0 unspecified atom stereocenters. The van der Waals surface area contributed by atoms with E-state index in [1.54, 1.807) is 19.1 Å². The number of amides is 2. The Bertz CT molecular complexity index is 809. The largest absolute Gasteiger partial charge is 0.376 e. The summed E-state index contributed by atoms with van der Waals surface area (Å²) < 4.78 is 4.91. The number of rotatable bonds is 6. The van der Waals surface area contributed by atoms with Crippen LogP contribution < -0.4 is 16.0 Å². The van der Waals surface area contributed by atoms with E-state index in [9.17, 15) is 9.59 Å². The van der Waals surface area contributed by atoms with Gasteiger partial charge in [-0.3, -0.25) is 9.59 Å². The maximum atomic E-state index is 12.4. The Morgan fingerprint density at radius 2 is 1.93 bits per heavy atom. The first-order chi connectivity index (χ1) is 13.0. The number of nitrogens with one attached hydrogen (secondary N) is 3. The fourth-order valence-electron chi connectivity index (χ4n) is 3.31. The van der Waals surface area contributed by atoms with Crippen molar-refractivity contribution in [2.24, 2.45) is 0 Å². The molecule has 2 aromatic rings. The van der Waals surface area contributed by atoms with Gasteiger partial charge in [0.15, 0.2) is 5.82 Å². The van der Waals surface area contributed by atoms with Crippen molar-refractivity contribution in [3.63, 3.8) is 0 Å². The molecule has 1 aromatic carbocycles. The molecule has 1 fully saturated rings. The molecular formula is C20H26N4O3. The number of hydrogen-bond acceptors (Lipinski definition) is 5. The van der Waals surface area contributed by atoms with Crippen LogP contribution in [0.15, 0.2) is 28.8 Å². The Labute approximate surface area is 158 Å². The summed E-state index contributed by atoms with van der Waals surface area (Å²) in [5.74, 6) is 0.777. The number of anilines is 2. The van der Waals surface area contributed by atoms with E-state index in [1.165, 1.54) is 19.3 Å². The second-order valence-electron chi connectivity index (χ2n) is 7.06. The van der Waals surface area contributed by atoms with Crippen LogP contribution >= 0.6 is 0 Å². The van der Waals surface area contributed by atoms with Crippen molar-refractivity contribution < 1.29 is 14.1 Å². The zero-order chi connectivity index (χ0) is 19.2. The molecule has 0 atom stereocenters. The smallest absolute Gasteiger partial charge is 0.251 e. The van der Waals surface area contributed by atoms with Gasteiger partial charge in [-0.1, -0.05) is 24.4 Å². The lowest BCUT2D eigenvalue weighted by atomic mass is 9.95. The molecule has 7 nitrogen and oxygen atoms in total. The van der Waals surface area contributed by atoms with Gasteiger partial charge >= 0.3 is 0 Å². The standard InChI is InChI=1S/C20H26N4O3/c1-13-10-15(20(26)22-16-6-4-3-5-7-16)8-9-17(13)21-12-19(25)23-18-11-14(2)27-24-18/h8-11,16,21H,3-7,12H2,1-2H3,(H,22,26)(H,23,24,25). The molecule has 27 heavy (non-hydrogen) atoms. The van der Waals surface area contributed by atoms with Gasteiger partial charge in [0.25, 0.3) is 5.91 Å². The fraction of sp³-hybridized carbons (Fsp3) is 0.450. The van der Waals surface area contributed by atoms with Crippen LogP contribution in [0, 0.1) is 13.8 Å². The molecular weight excluding hydrogens is 344 g/mol. The molecule has 0 saturated heterocycles. The summed E-state index contributed by atoms with van der Waals surface area (Å²) in [6.45, 7) is 3.77. The summed E-state index contributed by atoms with van der Waals surface area (Å²) in [4.78, 5) is 24.4. The van der Waals surface area contributed by atoms with Crippen LogP contribution in [0.1, 0.15) is 53.8 Å². The highest BCUT2D eigenvalue weighted by Gasteiger charge is 2.17. The van der Waals surface area contributed by atoms with Crippen LogP contribution in [-0.2, 0) is 4.79 Å². The van der Waals surface area contributed by atoms with Crippen molar-refractivity contribution in [1.82, 2.24) is 10.5 Å². The van der Waals surface area contributed by atoms with E-state index in [0.717, 1.165) is 24.1 Å². The second kappa shape index (κ2) is 8.70. The Morgan fingerprint density at radius 3 is 2.59 bits per heavy atom. The lowest BCUT2D eigenvalue weighted by Crippen LogP contribution is -2.36. The maximum Gasteiger partial charge on any atom is 0.251 e. The molecule has 0 radical (unpaired) electrons. The van der Waals surface area contributed by atoms with Gasteiger partial charge in [0.05, 0.1) is 6.54 Å². The third-order valence-corrected chi connectivity index (χ3v) is 4.76. The monoisotopic (exact) mass is 370 g/mol. The van der Waals surface area contributed by atoms with Crippen molar-refractivity contribution >= 4 is 23.3 Å². The normalized spacial score (nSPS) is 14.6. The molecule has 3 rings (SSSR count). The SMILES string of the molecule is Cc1cc(NC(=O)CNc2ccc(C(=O)NC3CCCCC3)cc2C)no1. The van der Waals surface area contributed by atoms with Gasteiger partial charge in [0, 0.05) is 23.4 Å². The van der Waals surface area contributed by atoms with Crippen LogP contribution in [0.2, 0.25) is 0 Å². The van der Waals surface area contributed by atoms with Crippen LogP contribution in [0.3, 0.4) is 0 Å². The molecule has 1 heterocycles. The van der Waals surface area contributed by atoms with Crippen LogP contribution in [0.4, 0.5) is 11.5 Å². The Hall–Kier alpha value is -2.83. The minimum absolute atomic E-state index is 0.0318. The highest BCUT2D eigenvalue weighted by Crippen LogP contribution is 2.20. The number of nitrogens with zero attached hydrogens (tertiary/aromatic N) is 1. The molecule has 3 N–H and O–H groups in total. The Kier molecular flexibility index (Phi) is 6.11. The summed E-state index contributed by atoms with van der Waals surface area (Å²) in [5.41, 5.74) is 2.37. The number of aromatic nitrogens is 1. The van der Waals surface area contributed by atoms with Gasteiger partial charge in [-0.25, -0.2) is 0 Å². The van der Waals surface area contributed by atoms with Gasteiger partial charge in [-0.05, 0) is 50.5 Å². The van der Waals surface area contributed by atoms with Gasteiger partial charge in [-0.2, -0.15) is 0 Å². The molecule has 0 bridgehead atoms. The molecule has 2 amide bonds. The lowest BCUT2D eigenvalue weighted by molar-refractivity contribution is -0.114. The number of carbonyl (C=O) groups is 2. The molecule has 1 saturated carbocycles. The second-order valence-corrected chi connectivity index (χ2v) is 7.06. The predicted molar refractivity (Wildman–Crippen MR) is 104 cm³/mol. The number of carbonyl (C=O) groups excluding carboxylic acids is 2. The molecule has 1 aromatic heterocycles. The average molecular weight is 370 g/mol. The summed E-state index contributed by atoms with van der Waals surface area (Å²) in [6.07, 6.45) is 5.75. The van der Waals surface area contributed by atoms with Crippen LogP contribution in [-0.4, -0.2) is 29.6 Å². The van der Waals surface area contributed by atoms with E-state index in [2.05, 4.69) is 21.1 Å². The van der Waals surface area contributed by atoms with Crippen molar-refractivity contribution in [2.75, 3.05) is 17.2 Å². The van der Waals surface area contributed by atoms with E-state index >= 15 is 0 Å². The van der Waals surface area contributed by atoms with Crippen molar-refractivity contribution in [3.05, 3.63) is 41.2 Å². The molecule has 144 valence electrons. The molecule has 1 aliphatic carbocycles. The van der Waals surface area contributed by atoms with Gasteiger partial charge in [0.1, 0.15) is 5.76 Å². The van der Waals surface area contributed by atoms with Crippen LogP contribution in [0.5, 0.6) is 0 Å². The summed E-state index contributed by atoms with van der Waals surface area (Å²) in [7, 11) is 0. The Morgan fingerprint density at radius 1 is 1.15 bits per heavy atom. The van der Waals surface area contributed by atoms with Crippen molar-refractivity contribution in [1.29, 1.82) is 0 Å². The Balaban J connectivity index is 1.52. The maximum absolute atomic E-state index is 12.4. The van der Waals surface area contributed by atoms with E-state index in [1.807, 2.05) is 19.1 Å². The van der Waals surface area contributed by atoms with E-state index in [-0.39, 0.29) is 24.4 Å². The number of hydrogen-bond donors (Lipinski definition) is 3. The third-order valence-electron chi connectivity index (χ3n) is 4.76. The third kappa shape index (κ3) is 5.32. The zero-order valence-electron chi connectivity index (χ0n) is 15.8. The quantitative estimate of drug-likeness (QED) is 0.724. The minimum Gasteiger partial charge on any atom is -0.376 e. The minimum atomic E-state index is -0.221. The molecule has 0 spiro atoms. The number of aryl methyl sites for hydroxylation is 2. The molecule has 0 aliphatic heterocycles. The van der Waals surface area contributed by atoms with Gasteiger partial charge in [-0.15, -0.1) is 0 Å². The molecule has 7 heteroatoms. The van der Waals surface area contributed by atoms with E-state index in [0.29, 0.717) is 17.1 Å². The first-order valence-corrected chi connectivity index (χ1v) is 9.40. The number of benzene rings is 1. The summed E-state index contributed by atoms with van der Waals surface area (Å²) in [6, 6.07) is 7.40. The summed E-state index contributed by atoms with van der Waals surface area (Å²) >= 11 is 0. The first-order valence-electron chi connectivity index (χ1n) is 9.40. The highest BCUT2D eigenvalue weighted by atomic mass is 16.5. The van der Waals surface area contributed by atoms with Crippen molar-refractivity contribution in [3.8, 4) is 0 Å². The zero-order valence-corrected chi connectivity index (χ0v) is 15.8. The van der Waals surface area contributed by atoms with Gasteiger partial charge in [0.2, 0.25) is 5.91 Å².